The number of β-amino-alcohol motifs (C(OH)–C–C–N with tert-alkyl or cyclic N) is 1. The Morgan fingerprint density at radius 2 is 1.70 bits per heavy atom. The molecule has 0 radical (unpaired) electrons. The molecule has 0 aromatic heterocycles. The first-order valence-corrected chi connectivity index (χ1v) is 8.24. The van der Waals surface area contributed by atoms with Crippen LogP contribution in [0.2, 0.25) is 0 Å². The van der Waals surface area contributed by atoms with Gasteiger partial charge in [0.05, 0.1) is 6.10 Å². The van der Waals surface area contributed by atoms with Crippen molar-refractivity contribution in [3.8, 4) is 0 Å². The van der Waals surface area contributed by atoms with Gasteiger partial charge in [-0.1, -0.05) is 0 Å². The summed E-state index contributed by atoms with van der Waals surface area (Å²) in [6.07, 6.45) is 7.51. The monoisotopic (exact) mass is 278 g/mol. The van der Waals surface area contributed by atoms with Crippen LogP contribution in [0.1, 0.15) is 38.5 Å². The molecule has 0 spiro atoms. The van der Waals surface area contributed by atoms with Crippen LogP contribution in [-0.4, -0.2) is 53.7 Å². The molecular formula is C16H26N2O2. The van der Waals surface area contributed by atoms with Crippen LogP contribution in [-0.2, 0) is 0 Å². The molecule has 0 aromatic rings. The molecule has 2 amide bonds. The van der Waals surface area contributed by atoms with E-state index in [2.05, 4.69) is 0 Å². The van der Waals surface area contributed by atoms with Crippen molar-refractivity contribution in [2.24, 2.45) is 23.2 Å². The number of nitrogens with zero attached hydrogens (tertiary/aromatic N) is 2. The molecule has 5 rings (SSSR count). The van der Waals surface area contributed by atoms with Crippen LogP contribution < -0.4 is 0 Å². The van der Waals surface area contributed by atoms with Crippen molar-refractivity contribution in [3.05, 3.63) is 0 Å². The number of rotatable bonds is 3. The van der Waals surface area contributed by atoms with Crippen LogP contribution in [0, 0.1) is 23.2 Å². The molecule has 4 aliphatic carbocycles. The fraction of sp³-hybridized carbons (Fsp3) is 0.938. The number of amides is 2. The highest BCUT2D eigenvalue weighted by molar-refractivity contribution is 5.76. The van der Waals surface area contributed by atoms with Crippen molar-refractivity contribution in [1.29, 1.82) is 0 Å². The molecule has 1 aliphatic heterocycles. The van der Waals surface area contributed by atoms with E-state index in [9.17, 15) is 9.90 Å². The summed E-state index contributed by atoms with van der Waals surface area (Å²) in [5, 5.41) is 10.9. The fourth-order valence-electron chi connectivity index (χ4n) is 5.86. The number of carbonyl (C=O) groups is 1. The van der Waals surface area contributed by atoms with Gasteiger partial charge in [0, 0.05) is 26.7 Å². The molecule has 4 saturated carbocycles. The Bertz CT molecular complexity index is 387. The van der Waals surface area contributed by atoms with Gasteiger partial charge in [-0.05, 0) is 61.7 Å². The zero-order valence-corrected chi connectivity index (χ0v) is 12.4. The maximum Gasteiger partial charge on any atom is 0.319 e. The highest BCUT2D eigenvalue weighted by Crippen LogP contribution is 2.61. The molecule has 1 saturated heterocycles. The minimum absolute atomic E-state index is 0.0915. The summed E-state index contributed by atoms with van der Waals surface area (Å²) >= 11 is 0. The first kappa shape index (κ1) is 12.9. The van der Waals surface area contributed by atoms with Gasteiger partial charge in [-0.2, -0.15) is 0 Å². The third-order valence-electron chi connectivity index (χ3n) is 6.49. The number of aliphatic hydroxyl groups is 1. The molecule has 5 aliphatic rings. The zero-order chi connectivity index (χ0) is 13.9. The maximum absolute atomic E-state index is 12.0. The second-order valence-corrected chi connectivity index (χ2v) is 7.95. The molecule has 20 heavy (non-hydrogen) atoms. The van der Waals surface area contributed by atoms with E-state index in [0.29, 0.717) is 6.54 Å². The predicted molar refractivity (Wildman–Crippen MR) is 76.2 cm³/mol. The lowest BCUT2D eigenvalue weighted by Gasteiger charge is -2.58. The van der Waals surface area contributed by atoms with Crippen molar-refractivity contribution in [1.82, 2.24) is 9.80 Å². The largest absolute Gasteiger partial charge is 0.391 e. The van der Waals surface area contributed by atoms with Crippen LogP contribution >= 0.6 is 0 Å². The molecule has 0 aromatic carbocycles. The van der Waals surface area contributed by atoms with Crippen molar-refractivity contribution >= 4 is 6.03 Å². The summed E-state index contributed by atoms with van der Waals surface area (Å²) in [6, 6.07) is 0.0915. The summed E-state index contributed by atoms with van der Waals surface area (Å²) in [7, 11) is 1.85. The normalized spacial score (nSPS) is 44.5. The second kappa shape index (κ2) is 4.36. The van der Waals surface area contributed by atoms with Gasteiger partial charge < -0.3 is 14.9 Å². The highest BCUT2D eigenvalue weighted by Gasteiger charge is 2.54. The second-order valence-electron chi connectivity index (χ2n) is 7.95. The van der Waals surface area contributed by atoms with Gasteiger partial charge in [-0.3, -0.25) is 0 Å². The average Bonchev–Trinajstić information content (AvgIpc) is 2.69. The lowest BCUT2D eigenvalue weighted by Crippen LogP contribution is -2.54. The van der Waals surface area contributed by atoms with E-state index in [0.717, 1.165) is 30.8 Å². The number of hydrogen-bond acceptors (Lipinski definition) is 2. The van der Waals surface area contributed by atoms with Crippen LogP contribution in [0.4, 0.5) is 4.79 Å². The number of urea groups is 1. The summed E-state index contributed by atoms with van der Waals surface area (Å²) in [4.78, 5) is 15.6. The Kier molecular flexibility index (Phi) is 2.82. The van der Waals surface area contributed by atoms with Crippen molar-refractivity contribution in [2.45, 2.75) is 44.6 Å². The number of likely N-dealkylation sites (N-methyl/N-ethyl adjacent to an activating group) is 1. The zero-order valence-electron chi connectivity index (χ0n) is 12.4. The lowest BCUT2D eigenvalue weighted by molar-refractivity contribution is -0.123. The molecule has 5 fully saturated rings. The summed E-state index contributed by atoms with van der Waals surface area (Å²) in [6.45, 7) is 2.13. The summed E-state index contributed by atoms with van der Waals surface area (Å²) < 4.78 is 0. The maximum atomic E-state index is 12.0. The van der Waals surface area contributed by atoms with E-state index in [1.165, 1.54) is 38.5 Å². The average molecular weight is 278 g/mol. The Balaban J connectivity index is 1.48. The van der Waals surface area contributed by atoms with Crippen LogP contribution in [0.3, 0.4) is 0 Å². The van der Waals surface area contributed by atoms with Gasteiger partial charge >= 0.3 is 6.03 Å². The Morgan fingerprint density at radius 1 is 1.15 bits per heavy atom. The molecular weight excluding hydrogens is 252 g/mol. The first-order chi connectivity index (χ1) is 9.56. The fourth-order valence-corrected chi connectivity index (χ4v) is 5.86. The molecule has 1 unspecified atom stereocenters. The van der Waals surface area contributed by atoms with Crippen molar-refractivity contribution < 1.29 is 9.90 Å². The molecule has 1 N–H and O–H groups in total. The molecule has 4 heteroatoms. The van der Waals surface area contributed by atoms with Crippen molar-refractivity contribution in [2.75, 3.05) is 26.7 Å². The minimum Gasteiger partial charge on any atom is -0.391 e. The van der Waals surface area contributed by atoms with E-state index in [-0.39, 0.29) is 17.6 Å². The van der Waals surface area contributed by atoms with Gasteiger partial charge in [0.25, 0.3) is 0 Å². The molecule has 4 bridgehead atoms. The summed E-state index contributed by atoms with van der Waals surface area (Å²) in [5.41, 5.74) is 0.135. The first-order valence-electron chi connectivity index (χ1n) is 8.24. The third-order valence-corrected chi connectivity index (χ3v) is 6.49. The number of carbonyl (C=O) groups excluding carboxylic acids is 1. The topological polar surface area (TPSA) is 43.8 Å². The standard InChI is InChI=1S/C16H26N2O2/c1-17-2-3-18(15(17)20)10-14(19)16-7-11-4-12(8-16)6-13(5-11)9-16/h11-14,19H,2-10H2,1H3. The smallest absolute Gasteiger partial charge is 0.319 e. The Hall–Kier alpha value is -0.770. The third kappa shape index (κ3) is 1.87. The van der Waals surface area contributed by atoms with Crippen LogP contribution in [0.5, 0.6) is 0 Å². The van der Waals surface area contributed by atoms with Crippen LogP contribution in [0.25, 0.3) is 0 Å². The molecule has 1 atom stereocenters. The van der Waals surface area contributed by atoms with E-state index in [1.54, 1.807) is 4.90 Å². The minimum atomic E-state index is -0.314. The van der Waals surface area contributed by atoms with Gasteiger partial charge in [0.15, 0.2) is 0 Å². The van der Waals surface area contributed by atoms with Gasteiger partial charge in [-0.15, -0.1) is 0 Å². The lowest BCUT2D eigenvalue weighted by atomic mass is 9.48. The highest BCUT2D eigenvalue weighted by atomic mass is 16.3. The van der Waals surface area contributed by atoms with Crippen molar-refractivity contribution in [3.63, 3.8) is 0 Å². The summed E-state index contributed by atoms with van der Waals surface area (Å²) in [5.74, 6) is 2.56. The number of hydrogen-bond donors (Lipinski definition) is 1. The van der Waals surface area contributed by atoms with E-state index < -0.39 is 0 Å². The molecule has 4 nitrogen and oxygen atoms in total. The van der Waals surface area contributed by atoms with Gasteiger partial charge in [-0.25, -0.2) is 4.79 Å². The van der Waals surface area contributed by atoms with Gasteiger partial charge in [0.1, 0.15) is 0 Å². The SMILES string of the molecule is CN1CCN(CC(O)C23CC4CC(CC(C4)C2)C3)C1=O. The number of aliphatic hydroxyl groups excluding tert-OH is 1. The Labute approximate surface area is 121 Å². The van der Waals surface area contributed by atoms with Crippen LogP contribution in [0.15, 0.2) is 0 Å². The quantitative estimate of drug-likeness (QED) is 0.857. The van der Waals surface area contributed by atoms with E-state index in [1.807, 2.05) is 11.9 Å². The van der Waals surface area contributed by atoms with E-state index >= 15 is 0 Å². The Morgan fingerprint density at radius 3 is 2.15 bits per heavy atom. The van der Waals surface area contributed by atoms with E-state index in [4.69, 9.17) is 0 Å². The van der Waals surface area contributed by atoms with Gasteiger partial charge in [0.2, 0.25) is 0 Å². The predicted octanol–water partition coefficient (Wildman–Crippen LogP) is 1.93. The molecule has 112 valence electrons. The molecule has 1 heterocycles.